The van der Waals surface area contributed by atoms with Crippen LogP contribution in [-0.2, 0) is 38.3 Å². The van der Waals surface area contributed by atoms with Gasteiger partial charge in [0.25, 0.3) is 5.91 Å². The summed E-state index contributed by atoms with van der Waals surface area (Å²) in [5, 5.41) is 4.23. The van der Waals surface area contributed by atoms with Crippen LogP contribution < -0.4 is 5.32 Å². The SMILES string of the molecule is CCOC(=O)c1c(NC(=O)COC(=O)CCCc2nc3ccccc3s2)sc2c1CCC(C)C2. The summed E-state index contributed by atoms with van der Waals surface area (Å²) in [4.78, 5) is 42.8. The van der Waals surface area contributed by atoms with Crippen LogP contribution in [0.25, 0.3) is 10.2 Å². The van der Waals surface area contributed by atoms with E-state index in [1.54, 1.807) is 18.3 Å². The number of benzene rings is 1. The van der Waals surface area contributed by atoms with Crippen molar-refractivity contribution in [3.05, 3.63) is 45.3 Å². The largest absolute Gasteiger partial charge is 0.462 e. The Hall–Kier alpha value is -2.78. The van der Waals surface area contributed by atoms with Crippen LogP contribution in [0, 0.1) is 5.92 Å². The van der Waals surface area contributed by atoms with Crippen LogP contribution in [0.15, 0.2) is 24.3 Å². The third-order valence-corrected chi connectivity index (χ3v) is 7.98. The molecule has 0 saturated heterocycles. The Morgan fingerprint density at radius 2 is 2.00 bits per heavy atom. The summed E-state index contributed by atoms with van der Waals surface area (Å²) in [7, 11) is 0. The highest BCUT2D eigenvalue weighted by Crippen LogP contribution is 2.40. The van der Waals surface area contributed by atoms with Crippen molar-refractivity contribution in [3.63, 3.8) is 0 Å². The number of amides is 1. The number of esters is 2. The quantitative estimate of drug-likeness (QED) is 0.408. The minimum absolute atomic E-state index is 0.211. The average Bonchev–Trinajstić information content (AvgIpc) is 3.37. The van der Waals surface area contributed by atoms with E-state index in [-0.39, 0.29) is 19.6 Å². The molecule has 9 heteroatoms. The number of nitrogens with zero attached hydrogens (tertiary/aromatic N) is 1. The van der Waals surface area contributed by atoms with Crippen LogP contribution >= 0.6 is 22.7 Å². The number of rotatable bonds is 9. The average molecular weight is 501 g/mol. The molecule has 0 bridgehead atoms. The van der Waals surface area contributed by atoms with Crippen LogP contribution in [0.3, 0.4) is 0 Å². The zero-order valence-corrected chi connectivity index (χ0v) is 21.0. The number of ether oxygens (including phenoxy) is 2. The van der Waals surface area contributed by atoms with E-state index < -0.39 is 17.8 Å². The smallest absolute Gasteiger partial charge is 0.341 e. The fourth-order valence-corrected chi connectivity index (χ4v) is 6.47. The number of hydrogen-bond donors (Lipinski definition) is 1. The van der Waals surface area contributed by atoms with Crippen molar-refractivity contribution < 1.29 is 23.9 Å². The third-order valence-electron chi connectivity index (χ3n) is 5.72. The fraction of sp³-hybridized carbons (Fsp3) is 0.440. The van der Waals surface area contributed by atoms with Gasteiger partial charge in [-0.3, -0.25) is 9.59 Å². The van der Waals surface area contributed by atoms with Gasteiger partial charge in [-0.25, -0.2) is 9.78 Å². The maximum absolute atomic E-state index is 12.6. The van der Waals surface area contributed by atoms with Gasteiger partial charge in [0.1, 0.15) is 5.00 Å². The minimum Gasteiger partial charge on any atom is -0.462 e. The molecule has 2 aromatic heterocycles. The number of hydrogen-bond acceptors (Lipinski definition) is 8. The number of thiazole rings is 1. The maximum Gasteiger partial charge on any atom is 0.341 e. The van der Waals surface area contributed by atoms with Gasteiger partial charge in [0.2, 0.25) is 0 Å². The molecule has 1 aromatic carbocycles. The van der Waals surface area contributed by atoms with Crippen molar-refractivity contribution in [1.82, 2.24) is 4.98 Å². The molecule has 1 aliphatic carbocycles. The standard InChI is InChI=1S/C25H28N2O5S2/c1-3-31-25(30)23-16-12-11-15(2)13-19(16)34-24(23)27-20(28)14-32-22(29)10-6-9-21-26-17-7-4-5-8-18(17)33-21/h4-5,7-8,15H,3,6,9-14H2,1-2H3,(H,27,28). The van der Waals surface area contributed by atoms with Crippen molar-refractivity contribution >= 4 is 55.7 Å². The van der Waals surface area contributed by atoms with Crippen LogP contribution in [0.5, 0.6) is 0 Å². The molecule has 180 valence electrons. The fourth-order valence-electron chi connectivity index (χ4n) is 4.05. The summed E-state index contributed by atoms with van der Waals surface area (Å²) in [5.41, 5.74) is 2.39. The minimum atomic E-state index is -0.461. The molecule has 34 heavy (non-hydrogen) atoms. The Morgan fingerprint density at radius 1 is 1.18 bits per heavy atom. The second-order valence-corrected chi connectivity index (χ2v) is 10.6. The van der Waals surface area contributed by atoms with E-state index in [1.165, 1.54) is 11.3 Å². The van der Waals surface area contributed by atoms with E-state index in [0.29, 0.717) is 29.3 Å². The van der Waals surface area contributed by atoms with Crippen molar-refractivity contribution in [1.29, 1.82) is 0 Å². The van der Waals surface area contributed by atoms with Gasteiger partial charge < -0.3 is 14.8 Å². The lowest BCUT2D eigenvalue weighted by Crippen LogP contribution is -2.22. The number of para-hydroxylation sites is 1. The maximum atomic E-state index is 12.6. The molecule has 1 N–H and O–H groups in total. The molecule has 0 saturated carbocycles. The zero-order valence-electron chi connectivity index (χ0n) is 19.3. The van der Waals surface area contributed by atoms with Gasteiger partial charge in [-0.15, -0.1) is 22.7 Å². The van der Waals surface area contributed by atoms with E-state index in [4.69, 9.17) is 9.47 Å². The molecule has 0 spiro atoms. The van der Waals surface area contributed by atoms with E-state index >= 15 is 0 Å². The Bertz CT molecular complexity index is 1170. The molecule has 1 atom stereocenters. The van der Waals surface area contributed by atoms with E-state index in [1.807, 2.05) is 24.3 Å². The first-order chi connectivity index (χ1) is 16.4. The predicted molar refractivity (Wildman–Crippen MR) is 134 cm³/mol. The normalized spacial score (nSPS) is 15.1. The Morgan fingerprint density at radius 3 is 2.79 bits per heavy atom. The first kappa shape index (κ1) is 24.3. The molecule has 7 nitrogen and oxygen atoms in total. The van der Waals surface area contributed by atoms with Gasteiger partial charge in [0, 0.05) is 11.3 Å². The van der Waals surface area contributed by atoms with Gasteiger partial charge in [-0.05, 0) is 62.6 Å². The number of anilines is 1. The van der Waals surface area contributed by atoms with Gasteiger partial charge in [0.15, 0.2) is 6.61 Å². The summed E-state index contributed by atoms with van der Waals surface area (Å²) >= 11 is 3.04. The molecular formula is C25H28N2O5S2. The molecule has 2 heterocycles. The Labute approximate surface area is 206 Å². The van der Waals surface area contributed by atoms with Crippen LogP contribution in [0.1, 0.15) is 58.9 Å². The summed E-state index contributed by atoms with van der Waals surface area (Å²) in [5.74, 6) is -0.775. The Balaban J connectivity index is 1.28. The predicted octanol–water partition coefficient (Wildman–Crippen LogP) is 5.16. The third kappa shape index (κ3) is 5.82. The topological polar surface area (TPSA) is 94.6 Å². The molecule has 3 aromatic rings. The van der Waals surface area contributed by atoms with Gasteiger partial charge >= 0.3 is 11.9 Å². The number of fused-ring (bicyclic) bond motifs is 2. The zero-order chi connectivity index (χ0) is 24.1. The summed E-state index contributed by atoms with van der Waals surface area (Å²) < 4.78 is 11.5. The lowest BCUT2D eigenvalue weighted by molar-refractivity contribution is -0.147. The lowest BCUT2D eigenvalue weighted by Gasteiger charge is -2.18. The molecule has 1 aliphatic rings. The number of carbonyl (C=O) groups is 3. The van der Waals surface area contributed by atoms with Gasteiger partial charge in [-0.1, -0.05) is 19.1 Å². The van der Waals surface area contributed by atoms with Gasteiger partial charge in [0.05, 0.1) is 27.4 Å². The van der Waals surface area contributed by atoms with Crippen molar-refractivity contribution in [2.45, 2.75) is 52.4 Å². The second kappa shape index (κ2) is 11.1. The van der Waals surface area contributed by atoms with Crippen molar-refractivity contribution in [2.24, 2.45) is 5.92 Å². The highest BCUT2D eigenvalue weighted by atomic mass is 32.1. The molecule has 4 rings (SSSR count). The molecule has 0 fully saturated rings. The van der Waals surface area contributed by atoms with Crippen LogP contribution in [0.4, 0.5) is 5.00 Å². The monoisotopic (exact) mass is 500 g/mol. The van der Waals surface area contributed by atoms with Crippen molar-refractivity contribution in [3.8, 4) is 0 Å². The molecule has 1 unspecified atom stereocenters. The van der Waals surface area contributed by atoms with E-state index in [9.17, 15) is 14.4 Å². The first-order valence-electron chi connectivity index (χ1n) is 11.6. The highest BCUT2D eigenvalue weighted by molar-refractivity contribution is 7.18. The second-order valence-electron chi connectivity index (χ2n) is 8.41. The molecule has 0 radical (unpaired) electrons. The summed E-state index contributed by atoms with van der Waals surface area (Å²) in [6, 6.07) is 7.94. The summed E-state index contributed by atoms with van der Waals surface area (Å²) in [6.45, 7) is 3.82. The summed E-state index contributed by atoms with van der Waals surface area (Å²) in [6.07, 6.45) is 4.17. The first-order valence-corrected chi connectivity index (χ1v) is 13.2. The van der Waals surface area contributed by atoms with E-state index in [2.05, 4.69) is 17.2 Å². The Kier molecular flexibility index (Phi) is 7.95. The number of aryl methyl sites for hydroxylation is 1. The molecular weight excluding hydrogens is 472 g/mol. The lowest BCUT2D eigenvalue weighted by atomic mass is 9.88. The van der Waals surface area contributed by atoms with Gasteiger partial charge in [-0.2, -0.15) is 0 Å². The molecule has 1 amide bonds. The number of carbonyl (C=O) groups excluding carboxylic acids is 3. The van der Waals surface area contributed by atoms with Crippen LogP contribution in [-0.4, -0.2) is 36.0 Å². The highest BCUT2D eigenvalue weighted by Gasteiger charge is 2.29. The number of aromatic nitrogens is 1. The molecule has 0 aliphatic heterocycles. The van der Waals surface area contributed by atoms with E-state index in [0.717, 1.165) is 44.9 Å². The number of nitrogens with one attached hydrogen (secondary N) is 1. The van der Waals surface area contributed by atoms with Crippen molar-refractivity contribution in [2.75, 3.05) is 18.5 Å². The van der Waals surface area contributed by atoms with Crippen LogP contribution in [0.2, 0.25) is 0 Å². The number of thiophene rings is 1.